The molecule has 206 valence electrons. The van der Waals surface area contributed by atoms with Crippen LogP contribution in [0.15, 0.2) is 36.4 Å². The molecule has 0 amide bonds. The van der Waals surface area contributed by atoms with Gasteiger partial charge in [-0.1, -0.05) is 83.6 Å². The molecule has 0 heterocycles. The molecule has 0 aliphatic heterocycles. The van der Waals surface area contributed by atoms with Gasteiger partial charge in [-0.25, -0.2) is 9.18 Å². The number of benzene rings is 2. The number of unbranched alkanes of at least 4 members (excludes halogenated alkanes) is 9. The largest absolute Gasteiger partial charge is 0.496 e. The van der Waals surface area contributed by atoms with Crippen molar-refractivity contribution < 1.29 is 18.7 Å². The zero-order chi connectivity index (χ0) is 27.2. The molecule has 5 heteroatoms. The average molecular weight is 522 g/mol. The van der Waals surface area contributed by atoms with E-state index in [2.05, 4.69) is 6.92 Å². The van der Waals surface area contributed by atoms with E-state index in [1.807, 2.05) is 12.1 Å². The van der Waals surface area contributed by atoms with E-state index in [-0.39, 0.29) is 11.3 Å². The summed E-state index contributed by atoms with van der Waals surface area (Å²) in [6.45, 7) is 2.27. The van der Waals surface area contributed by atoms with Gasteiger partial charge in [0.15, 0.2) is 0 Å². The molecule has 0 saturated heterocycles. The molecule has 1 fully saturated rings. The highest BCUT2D eigenvalue weighted by Gasteiger charge is 2.24. The maximum Gasteiger partial charge on any atom is 0.347 e. The zero-order valence-corrected chi connectivity index (χ0v) is 23.3. The third kappa shape index (κ3) is 9.15. The fraction of sp³-hybridized carbons (Fsp3) is 0.576. The first-order valence-corrected chi connectivity index (χ1v) is 14.7. The van der Waals surface area contributed by atoms with Crippen LogP contribution in [-0.4, -0.2) is 13.1 Å². The molecule has 0 N–H and O–H groups in total. The second-order valence-electron chi connectivity index (χ2n) is 10.8. The summed E-state index contributed by atoms with van der Waals surface area (Å²) in [6.07, 6.45) is 20.1. The minimum absolute atomic E-state index is 0.0540. The van der Waals surface area contributed by atoms with Gasteiger partial charge < -0.3 is 9.47 Å². The van der Waals surface area contributed by atoms with E-state index in [9.17, 15) is 9.18 Å². The van der Waals surface area contributed by atoms with Crippen LogP contribution < -0.4 is 9.47 Å². The number of nitriles is 1. The Bertz CT molecular complexity index is 1050. The van der Waals surface area contributed by atoms with E-state index in [4.69, 9.17) is 14.7 Å². The van der Waals surface area contributed by atoms with Crippen molar-refractivity contribution in [2.45, 2.75) is 109 Å². The summed E-state index contributed by atoms with van der Waals surface area (Å²) in [6, 6.07) is 11.2. The molecular weight excluding hydrogens is 477 g/mol. The van der Waals surface area contributed by atoms with Crippen molar-refractivity contribution in [3.05, 3.63) is 58.9 Å². The standard InChI is InChI=1S/C33H44FNO3/c1-3-4-5-6-7-8-9-10-11-12-13-25-14-16-26(17-15-25)27-19-21-30(32(22-27)37-2)33(36)38-29-20-18-28(24-35)31(34)23-29/h18-23,25-26H,3-17H2,1-2H3. The maximum absolute atomic E-state index is 13.9. The lowest BCUT2D eigenvalue weighted by Crippen LogP contribution is -2.15. The van der Waals surface area contributed by atoms with Gasteiger partial charge in [0, 0.05) is 6.07 Å². The number of hydrogen-bond donors (Lipinski definition) is 0. The van der Waals surface area contributed by atoms with Gasteiger partial charge in [0.1, 0.15) is 28.9 Å². The van der Waals surface area contributed by atoms with Crippen LogP contribution in [0, 0.1) is 23.1 Å². The Labute approximate surface area is 228 Å². The Kier molecular flexibility index (Phi) is 12.6. The molecule has 1 aliphatic rings. The van der Waals surface area contributed by atoms with E-state index in [0.29, 0.717) is 17.2 Å². The highest BCUT2D eigenvalue weighted by molar-refractivity contribution is 5.94. The SMILES string of the molecule is CCCCCCCCCCCCC1CCC(c2ccc(C(=O)Oc3ccc(C#N)c(F)c3)c(OC)c2)CC1. The fourth-order valence-electron chi connectivity index (χ4n) is 5.65. The van der Waals surface area contributed by atoms with Crippen LogP contribution in [0.2, 0.25) is 0 Å². The number of ether oxygens (including phenoxy) is 2. The molecule has 0 unspecified atom stereocenters. The second kappa shape index (κ2) is 16.2. The van der Waals surface area contributed by atoms with Crippen LogP contribution in [0.5, 0.6) is 11.5 Å². The van der Waals surface area contributed by atoms with Crippen molar-refractivity contribution in [3.8, 4) is 17.6 Å². The lowest BCUT2D eigenvalue weighted by Gasteiger charge is -2.29. The number of esters is 1. The molecule has 0 spiro atoms. The average Bonchev–Trinajstić information content (AvgIpc) is 2.94. The smallest absolute Gasteiger partial charge is 0.347 e. The first-order chi connectivity index (χ1) is 18.5. The van der Waals surface area contributed by atoms with Crippen LogP contribution in [-0.2, 0) is 0 Å². The Morgan fingerprint density at radius 2 is 1.58 bits per heavy atom. The van der Waals surface area contributed by atoms with Gasteiger partial charge in [0.05, 0.1) is 12.7 Å². The van der Waals surface area contributed by atoms with Gasteiger partial charge in [-0.15, -0.1) is 0 Å². The molecule has 2 aromatic carbocycles. The number of carbonyl (C=O) groups excluding carboxylic acids is 1. The van der Waals surface area contributed by atoms with Crippen LogP contribution in [0.4, 0.5) is 4.39 Å². The van der Waals surface area contributed by atoms with Crippen molar-refractivity contribution in [1.29, 1.82) is 5.26 Å². The van der Waals surface area contributed by atoms with E-state index in [1.165, 1.54) is 114 Å². The predicted octanol–water partition coefficient (Wildman–Crippen LogP) is 9.51. The highest BCUT2D eigenvalue weighted by atomic mass is 19.1. The molecule has 38 heavy (non-hydrogen) atoms. The summed E-state index contributed by atoms with van der Waals surface area (Å²) in [5.41, 5.74) is 1.40. The molecule has 3 rings (SSSR count). The Morgan fingerprint density at radius 3 is 2.18 bits per heavy atom. The fourth-order valence-corrected chi connectivity index (χ4v) is 5.65. The number of rotatable bonds is 15. The van der Waals surface area contributed by atoms with Crippen LogP contribution >= 0.6 is 0 Å². The third-order valence-corrected chi connectivity index (χ3v) is 8.00. The topological polar surface area (TPSA) is 59.3 Å². The maximum atomic E-state index is 13.9. The summed E-state index contributed by atoms with van der Waals surface area (Å²) in [5, 5.41) is 8.87. The molecule has 0 radical (unpaired) electrons. The first kappa shape index (κ1) is 29.7. The Balaban J connectivity index is 1.41. The van der Waals surface area contributed by atoms with E-state index in [1.54, 1.807) is 19.2 Å². The summed E-state index contributed by atoms with van der Waals surface area (Å²) in [7, 11) is 1.54. The molecule has 1 aliphatic carbocycles. The van der Waals surface area contributed by atoms with Crippen LogP contribution in [0.3, 0.4) is 0 Å². The highest BCUT2D eigenvalue weighted by Crippen LogP contribution is 2.39. The summed E-state index contributed by atoms with van der Waals surface area (Å²) in [5.74, 6) is 0.504. The normalized spacial score (nSPS) is 17.1. The summed E-state index contributed by atoms with van der Waals surface area (Å²) in [4.78, 5) is 12.7. The summed E-state index contributed by atoms with van der Waals surface area (Å²) >= 11 is 0. The third-order valence-electron chi connectivity index (χ3n) is 8.00. The van der Waals surface area contributed by atoms with Crippen molar-refractivity contribution in [2.75, 3.05) is 7.11 Å². The van der Waals surface area contributed by atoms with Crippen LogP contribution in [0.1, 0.15) is 131 Å². The van der Waals surface area contributed by atoms with Crippen molar-refractivity contribution in [3.63, 3.8) is 0 Å². The van der Waals surface area contributed by atoms with Crippen molar-refractivity contribution >= 4 is 5.97 Å². The number of hydrogen-bond acceptors (Lipinski definition) is 4. The van der Waals surface area contributed by atoms with Gasteiger partial charge in [0.25, 0.3) is 0 Å². The van der Waals surface area contributed by atoms with Crippen LogP contribution in [0.25, 0.3) is 0 Å². The number of nitrogens with zero attached hydrogens (tertiary/aromatic N) is 1. The second-order valence-corrected chi connectivity index (χ2v) is 10.8. The van der Waals surface area contributed by atoms with E-state index in [0.717, 1.165) is 12.0 Å². The molecule has 0 bridgehead atoms. The van der Waals surface area contributed by atoms with Gasteiger partial charge in [-0.3, -0.25) is 0 Å². The minimum atomic E-state index is -0.719. The molecular formula is C33H44FNO3. The van der Waals surface area contributed by atoms with Gasteiger partial charge in [0.2, 0.25) is 0 Å². The lowest BCUT2D eigenvalue weighted by atomic mass is 9.77. The monoisotopic (exact) mass is 521 g/mol. The quantitative estimate of drug-likeness (QED) is 0.133. The predicted molar refractivity (Wildman–Crippen MR) is 150 cm³/mol. The van der Waals surface area contributed by atoms with Gasteiger partial charge in [-0.2, -0.15) is 5.26 Å². The van der Waals surface area contributed by atoms with Crippen molar-refractivity contribution in [1.82, 2.24) is 0 Å². The first-order valence-electron chi connectivity index (χ1n) is 14.7. The molecule has 0 atom stereocenters. The molecule has 2 aromatic rings. The minimum Gasteiger partial charge on any atom is -0.496 e. The number of carbonyl (C=O) groups is 1. The number of halogens is 1. The molecule has 0 aromatic heterocycles. The Hall–Kier alpha value is -2.87. The summed E-state index contributed by atoms with van der Waals surface area (Å²) < 4.78 is 24.7. The van der Waals surface area contributed by atoms with E-state index < -0.39 is 11.8 Å². The Morgan fingerprint density at radius 1 is 0.921 bits per heavy atom. The van der Waals surface area contributed by atoms with Crippen molar-refractivity contribution in [2.24, 2.45) is 5.92 Å². The van der Waals surface area contributed by atoms with E-state index >= 15 is 0 Å². The lowest BCUT2D eigenvalue weighted by molar-refractivity contribution is 0.0731. The molecule has 4 nitrogen and oxygen atoms in total. The molecule has 1 saturated carbocycles. The zero-order valence-electron chi connectivity index (χ0n) is 23.3. The van der Waals surface area contributed by atoms with Gasteiger partial charge >= 0.3 is 5.97 Å². The van der Waals surface area contributed by atoms with Gasteiger partial charge in [-0.05, 0) is 67.3 Å². The number of methoxy groups -OCH3 is 1.